The molecule has 0 radical (unpaired) electrons. The summed E-state index contributed by atoms with van der Waals surface area (Å²) in [7, 11) is 0. The maximum Gasteiger partial charge on any atom is 0.317 e. The summed E-state index contributed by atoms with van der Waals surface area (Å²) in [6, 6.07) is 3.65. The van der Waals surface area contributed by atoms with Gasteiger partial charge in [-0.3, -0.25) is 0 Å². The number of ether oxygens (including phenoxy) is 1. The molecule has 2 amide bonds. The number of urea groups is 1. The average molecular weight is 316 g/mol. The van der Waals surface area contributed by atoms with E-state index in [9.17, 15) is 4.79 Å². The van der Waals surface area contributed by atoms with Crippen molar-refractivity contribution in [2.45, 2.75) is 32.6 Å². The van der Waals surface area contributed by atoms with Gasteiger partial charge in [0, 0.05) is 31.4 Å². The minimum absolute atomic E-state index is 0.0496. The van der Waals surface area contributed by atoms with Crippen LogP contribution in [-0.2, 0) is 11.3 Å². The van der Waals surface area contributed by atoms with Gasteiger partial charge in [0.2, 0.25) is 0 Å². The van der Waals surface area contributed by atoms with E-state index in [0.717, 1.165) is 5.56 Å². The lowest BCUT2D eigenvalue weighted by molar-refractivity contribution is -0.0545. The van der Waals surface area contributed by atoms with Gasteiger partial charge in [-0.15, -0.1) is 0 Å². The molecule has 23 heavy (non-hydrogen) atoms. The van der Waals surface area contributed by atoms with Crippen molar-refractivity contribution in [2.24, 2.45) is 0 Å². The van der Waals surface area contributed by atoms with Crippen LogP contribution < -0.4 is 5.32 Å². The van der Waals surface area contributed by atoms with E-state index in [1.165, 1.54) is 6.33 Å². The molecule has 3 rings (SSSR count). The summed E-state index contributed by atoms with van der Waals surface area (Å²) in [5.74, 6) is 0.661. The minimum Gasteiger partial charge on any atom is -0.372 e. The van der Waals surface area contributed by atoms with Crippen LogP contribution in [-0.4, -0.2) is 56.0 Å². The molecule has 2 aromatic rings. The number of morpholine rings is 1. The molecule has 0 aliphatic carbocycles. The van der Waals surface area contributed by atoms with E-state index >= 15 is 0 Å². The van der Waals surface area contributed by atoms with Crippen LogP contribution in [0.5, 0.6) is 0 Å². The molecule has 2 unspecified atom stereocenters. The standard InChI is InChI=1S/C15H20N6O2/c1-11-7-20(8-12(2)23-11)15(22)18-6-13-4-3-5-17-14(13)21-10-16-9-19-21/h3-5,9-12H,6-8H2,1-2H3,(H,18,22). The van der Waals surface area contributed by atoms with E-state index in [0.29, 0.717) is 25.5 Å². The predicted molar refractivity (Wildman–Crippen MR) is 83.0 cm³/mol. The molecular weight excluding hydrogens is 296 g/mol. The number of nitrogens with zero attached hydrogens (tertiary/aromatic N) is 5. The van der Waals surface area contributed by atoms with E-state index in [2.05, 4.69) is 20.4 Å². The molecule has 1 aliphatic rings. The number of rotatable bonds is 3. The van der Waals surface area contributed by atoms with Crippen LogP contribution >= 0.6 is 0 Å². The molecule has 2 aromatic heterocycles. The van der Waals surface area contributed by atoms with Gasteiger partial charge in [-0.2, -0.15) is 5.10 Å². The molecule has 2 atom stereocenters. The van der Waals surface area contributed by atoms with Crippen LogP contribution in [0.4, 0.5) is 4.79 Å². The van der Waals surface area contributed by atoms with Gasteiger partial charge < -0.3 is 15.0 Å². The normalized spacial score (nSPS) is 21.2. The van der Waals surface area contributed by atoms with Gasteiger partial charge in [0.05, 0.1) is 12.2 Å². The summed E-state index contributed by atoms with van der Waals surface area (Å²) < 4.78 is 7.23. The number of aromatic nitrogens is 4. The van der Waals surface area contributed by atoms with Gasteiger partial charge in [-0.1, -0.05) is 6.07 Å². The van der Waals surface area contributed by atoms with Gasteiger partial charge >= 0.3 is 6.03 Å². The third kappa shape index (κ3) is 3.65. The molecule has 1 saturated heterocycles. The largest absolute Gasteiger partial charge is 0.372 e. The second-order valence-electron chi connectivity index (χ2n) is 5.65. The molecule has 3 heterocycles. The van der Waals surface area contributed by atoms with E-state index in [-0.39, 0.29) is 18.2 Å². The van der Waals surface area contributed by atoms with Crippen LogP contribution in [0, 0.1) is 0 Å². The Morgan fingerprint density at radius 3 is 2.87 bits per heavy atom. The lowest BCUT2D eigenvalue weighted by atomic mass is 10.2. The monoisotopic (exact) mass is 316 g/mol. The van der Waals surface area contributed by atoms with E-state index in [4.69, 9.17) is 4.74 Å². The van der Waals surface area contributed by atoms with Gasteiger partial charge in [0.25, 0.3) is 0 Å². The summed E-state index contributed by atoms with van der Waals surface area (Å²) >= 11 is 0. The molecule has 0 aromatic carbocycles. The van der Waals surface area contributed by atoms with Crippen LogP contribution in [0.25, 0.3) is 5.82 Å². The van der Waals surface area contributed by atoms with Crippen LogP contribution in [0.1, 0.15) is 19.4 Å². The van der Waals surface area contributed by atoms with Crippen molar-refractivity contribution in [3.8, 4) is 5.82 Å². The molecule has 0 bridgehead atoms. The Morgan fingerprint density at radius 2 is 2.17 bits per heavy atom. The molecule has 1 aliphatic heterocycles. The number of hydrogen-bond acceptors (Lipinski definition) is 5. The summed E-state index contributed by atoms with van der Waals surface area (Å²) in [4.78, 5) is 22.4. The van der Waals surface area contributed by atoms with Crippen molar-refractivity contribution in [1.82, 2.24) is 30.0 Å². The van der Waals surface area contributed by atoms with Crippen LogP contribution in [0.2, 0.25) is 0 Å². The van der Waals surface area contributed by atoms with E-state index < -0.39 is 0 Å². The molecule has 1 N–H and O–H groups in total. The first kappa shape index (κ1) is 15.4. The number of amides is 2. The first-order chi connectivity index (χ1) is 11.1. The molecule has 0 spiro atoms. The van der Waals surface area contributed by atoms with Crippen molar-refractivity contribution < 1.29 is 9.53 Å². The highest BCUT2D eigenvalue weighted by atomic mass is 16.5. The summed E-state index contributed by atoms with van der Waals surface area (Å²) in [5.41, 5.74) is 0.876. The number of pyridine rings is 1. The molecule has 8 heteroatoms. The number of nitrogens with one attached hydrogen (secondary N) is 1. The van der Waals surface area contributed by atoms with Gasteiger partial charge in [0.1, 0.15) is 12.7 Å². The zero-order valence-electron chi connectivity index (χ0n) is 13.2. The maximum atomic E-state index is 12.4. The van der Waals surface area contributed by atoms with Crippen molar-refractivity contribution >= 4 is 6.03 Å². The molecule has 122 valence electrons. The van der Waals surface area contributed by atoms with Gasteiger partial charge in [0.15, 0.2) is 5.82 Å². The predicted octanol–water partition coefficient (Wildman–Crippen LogP) is 0.981. The second-order valence-corrected chi connectivity index (χ2v) is 5.65. The summed E-state index contributed by atoms with van der Waals surface area (Å²) in [6.45, 7) is 5.51. The Hall–Kier alpha value is -2.48. The number of carbonyl (C=O) groups is 1. The highest BCUT2D eigenvalue weighted by molar-refractivity contribution is 5.74. The molecule has 0 saturated carbocycles. The molecular formula is C15H20N6O2. The number of carbonyl (C=O) groups excluding carboxylic acids is 1. The van der Waals surface area contributed by atoms with Crippen molar-refractivity contribution in [1.29, 1.82) is 0 Å². The van der Waals surface area contributed by atoms with Crippen LogP contribution in [0.15, 0.2) is 31.0 Å². The van der Waals surface area contributed by atoms with Gasteiger partial charge in [-0.05, 0) is 19.9 Å². The Bertz CT molecular complexity index is 650. The smallest absolute Gasteiger partial charge is 0.317 e. The Labute approximate surface area is 134 Å². The minimum atomic E-state index is -0.0969. The SMILES string of the molecule is CC1CN(C(=O)NCc2cccnc2-n2cncn2)CC(C)O1. The second kappa shape index (κ2) is 6.74. The zero-order chi connectivity index (χ0) is 16.2. The van der Waals surface area contributed by atoms with E-state index in [1.807, 2.05) is 26.0 Å². The van der Waals surface area contributed by atoms with Crippen molar-refractivity contribution in [3.63, 3.8) is 0 Å². The third-order valence-corrected chi connectivity index (χ3v) is 3.64. The zero-order valence-corrected chi connectivity index (χ0v) is 13.2. The van der Waals surface area contributed by atoms with Crippen molar-refractivity contribution in [3.05, 3.63) is 36.5 Å². The fourth-order valence-corrected chi connectivity index (χ4v) is 2.72. The molecule has 1 fully saturated rings. The Morgan fingerprint density at radius 1 is 1.39 bits per heavy atom. The van der Waals surface area contributed by atoms with Crippen molar-refractivity contribution in [2.75, 3.05) is 13.1 Å². The quantitative estimate of drug-likeness (QED) is 0.912. The maximum absolute atomic E-state index is 12.4. The first-order valence-corrected chi connectivity index (χ1v) is 7.60. The fraction of sp³-hybridized carbons (Fsp3) is 0.467. The third-order valence-electron chi connectivity index (χ3n) is 3.64. The summed E-state index contributed by atoms with van der Waals surface area (Å²) in [5, 5.41) is 7.03. The van der Waals surface area contributed by atoms with E-state index in [1.54, 1.807) is 22.1 Å². The Balaban J connectivity index is 1.66. The molecule has 8 nitrogen and oxygen atoms in total. The average Bonchev–Trinajstić information content (AvgIpc) is 3.06. The van der Waals surface area contributed by atoms with Crippen LogP contribution in [0.3, 0.4) is 0 Å². The highest BCUT2D eigenvalue weighted by Crippen LogP contribution is 2.12. The van der Waals surface area contributed by atoms with Gasteiger partial charge in [-0.25, -0.2) is 19.4 Å². The first-order valence-electron chi connectivity index (χ1n) is 7.60. The summed E-state index contributed by atoms with van der Waals surface area (Å²) in [6.07, 6.45) is 4.82. The highest BCUT2D eigenvalue weighted by Gasteiger charge is 2.25. The number of hydrogen-bond donors (Lipinski definition) is 1. The topological polar surface area (TPSA) is 85.2 Å². The Kier molecular flexibility index (Phi) is 4.52. The fourth-order valence-electron chi connectivity index (χ4n) is 2.72. The lowest BCUT2D eigenvalue weighted by Crippen LogP contribution is -2.51. The lowest BCUT2D eigenvalue weighted by Gasteiger charge is -2.35.